The summed E-state index contributed by atoms with van der Waals surface area (Å²) in [6.07, 6.45) is 2.54. The van der Waals surface area contributed by atoms with E-state index in [1.54, 1.807) is 30.3 Å². The second-order valence-electron chi connectivity index (χ2n) is 7.60. The number of nitrogens with zero attached hydrogens (tertiary/aromatic N) is 4. The van der Waals surface area contributed by atoms with E-state index >= 15 is 0 Å². The number of hydrogen-bond acceptors (Lipinski definition) is 6. The Morgan fingerprint density at radius 2 is 2.12 bits per heavy atom. The number of aromatic nitrogens is 3. The Labute approximate surface area is 194 Å². The summed E-state index contributed by atoms with van der Waals surface area (Å²) in [5, 5.41) is 10.2. The molecule has 32 heavy (non-hydrogen) atoms. The third kappa shape index (κ3) is 4.96. The van der Waals surface area contributed by atoms with Crippen molar-refractivity contribution in [1.29, 1.82) is 0 Å². The predicted octanol–water partition coefficient (Wildman–Crippen LogP) is 2.53. The lowest BCUT2D eigenvalue weighted by Crippen LogP contribution is -2.39. The predicted molar refractivity (Wildman–Crippen MR) is 124 cm³/mol. The molecule has 0 spiro atoms. The molecule has 0 radical (unpaired) electrons. The highest BCUT2D eigenvalue weighted by molar-refractivity contribution is 7.88. The molecule has 170 valence electrons. The first-order valence-electron chi connectivity index (χ1n) is 9.96. The standard InChI is InChI=1S/C20H22ClN5O4S2/c1-32(29,30)24-9-3-5-14(12-24)19-23-25(20(28)26(19)18-8-4-10-31-18)13-17(27)22-16-7-2-6-15(21)11-16/h2,4,6-8,10-11,14H,3,5,9,12-13H2,1H3,(H,22,27). The fourth-order valence-electron chi connectivity index (χ4n) is 3.75. The van der Waals surface area contributed by atoms with Crippen LogP contribution in [0.1, 0.15) is 24.6 Å². The van der Waals surface area contributed by atoms with Gasteiger partial charge in [0, 0.05) is 29.7 Å². The lowest BCUT2D eigenvalue weighted by Gasteiger charge is -2.30. The van der Waals surface area contributed by atoms with Crippen LogP contribution in [0.15, 0.2) is 46.6 Å². The Kier molecular flexibility index (Phi) is 6.52. The zero-order valence-corrected chi connectivity index (χ0v) is 19.7. The van der Waals surface area contributed by atoms with Crippen LogP contribution in [-0.4, -0.2) is 52.3 Å². The van der Waals surface area contributed by atoms with Gasteiger partial charge < -0.3 is 5.32 Å². The quantitative estimate of drug-likeness (QED) is 0.565. The van der Waals surface area contributed by atoms with Crippen molar-refractivity contribution in [2.24, 2.45) is 0 Å². The number of carbonyl (C=O) groups excluding carboxylic acids is 1. The molecule has 1 N–H and O–H groups in total. The first-order chi connectivity index (χ1) is 15.2. The van der Waals surface area contributed by atoms with Gasteiger partial charge >= 0.3 is 5.69 Å². The van der Waals surface area contributed by atoms with E-state index in [4.69, 9.17) is 11.6 Å². The number of thiophene rings is 1. The molecule has 0 saturated carbocycles. The molecule has 1 aliphatic rings. The van der Waals surface area contributed by atoms with Crippen LogP contribution in [0.4, 0.5) is 5.69 Å². The molecule has 12 heteroatoms. The number of hydrogen-bond donors (Lipinski definition) is 1. The maximum Gasteiger partial charge on any atom is 0.351 e. The molecule has 2 aromatic heterocycles. The number of benzene rings is 1. The number of rotatable bonds is 6. The Morgan fingerprint density at radius 1 is 1.31 bits per heavy atom. The first-order valence-corrected chi connectivity index (χ1v) is 13.1. The van der Waals surface area contributed by atoms with Gasteiger partial charge in [-0.3, -0.25) is 4.79 Å². The van der Waals surface area contributed by atoms with E-state index in [9.17, 15) is 18.0 Å². The van der Waals surface area contributed by atoms with Gasteiger partial charge in [-0.05, 0) is 48.6 Å². The molecule has 4 rings (SSSR count). The number of anilines is 1. The van der Waals surface area contributed by atoms with E-state index < -0.39 is 21.6 Å². The minimum absolute atomic E-state index is 0.245. The number of sulfonamides is 1. The van der Waals surface area contributed by atoms with Gasteiger partial charge in [-0.15, -0.1) is 11.3 Å². The van der Waals surface area contributed by atoms with Gasteiger partial charge in [0.05, 0.1) is 6.26 Å². The van der Waals surface area contributed by atoms with Gasteiger partial charge in [0.15, 0.2) is 0 Å². The molecule has 1 aliphatic heterocycles. The van der Waals surface area contributed by atoms with Crippen LogP contribution in [0.2, 0.25) is 5.02 Å². The lowest BCUT2D eigenvalue weighted by molar-refractivity contribution is -0.117. The number of carbonyl (C=O) groups is 1. The summed E-state index contributed by atoms with van der Waals surface area (Å²) in [6, 6.07) is 10.3. The second-order valence-corrected chi connectivity index (χ2v) is 10.9. The fourth-order valence-corrected chi connectivity index (χ4v) is 5.59. The Morgan fingerprint density at radius 3 is 2.81 bits per heavy atom. The van der Waals surface area contributed by atoms with Crippen LogP contribution >= 0.6 is 22.9 Å². The highest BCUT2D eigenvalue weighted by atomic mass is 35.5. The average Bonchev–Trinajstić information content (AvgIpc) is 3.36. The number of piperidine rings is 1. The van der Waals surface area contributed by atoms with Gasteiger partial charge in [0.25, 0.3) is 0 Å². The van der Waals surface area contributed by atoms with E-state index in [1.807, 2.05) is 11.4 Å². The molecular formula is C20H22ClN5O4S2. The molecule has 1 unspecified atom stereocenters. The molecule has 9 nitrogen and oxygen atoms in total. The van der Waals surface area contributed by atoms with Crippen LogP contribution in [0.3, 0.4) is 0 Å². The van der Waals surface area contributed by atoms with Crippen molar-refractivity contribution < 1.29 is 13.2 Å². The molecule has 3 aromatic rings. The van der Waals surface area contributed by atoms with Crippen LogP contribution < -0.4 is 11.0 Å². The molecule has 0 bridgehead atoms. The van der Waals surface area contributed by atoms with Crippen LogP contribution in [0.25, 0.3) is 5.00 Å². The van der Waals surface area contributed by atoms with Gasteiger partial charge in [-0.25, -0.2) is 26.8 Å². The lowest BCUT2D eigenvalue weighted by atomic mass is 9.99. The zero-order chi connectivity index (χ0) is 22.9. The minimum Gasteiger partial charge on any atom is -0.324 e. The molecule has 1 amide bonds. The highest BCUT2D eigenvalue weighted by Gasteiger charge is 2.32. The third-order valence-electron chi connectivity index (χ3n) is 5.21. The average molecular weight is 496 g/mol. The summed E-state index contributed by atoms with van der Waals surface area (Å²) in [5.41, 5.74) is 0.0738. The van der Waals surface area contributed by atoms with E-state index in [0.717, 1.165) is 4.68 Å². The molecule has 1 atom stereocenters. The fraction of sp³-hybridized carbons (Fsp3) is 0.350. The summed E-state index contributed by atoms with van der Waals surface area (Å²) < 4.78 is 28.1. The largest absolute Gasteiger partial charge is 0.351 e. The van der Waals surface area contributed by atoms with Crippen LogP contribution in [0, 0.1) is 0 Å². The molecule has 1 fully saturated rings. The highest BCUT2D eigenvalue weighted by Crippen LogP contribution is 2.28. The topological polar surface area (TPSA) is 106 Å². The van der Waals surface area contributed by atoms with Gasteiger partial charge in [-0.2, -0.15) is 5.10 Å². The molecule has 0 aliphatic carbocycles. The van der Waals surface area contributed by atoms with Crippen LogP contribution in [0.5, 0.6) is 0 Å². The SMILES string of the molecule is CS(=O)(=O)N1CCCC(c2nn(CC(=O)Nc3cccc(Cl)c3)c(=O)n2-c2cccs2)C1. The molecular weight excluding hydrogens is 474 g/mol. The van der Waals surface area contributed by atoms with E-state index in [1.165, 1.54) is 26.5 Å². The van der Waals surface area contributed by atoms with Crippen molar-refractivity contribution in [3.05, 3.63) is 63.1 Å². The van der Waals surface area contributed by atoms with E-state index in [-0.39, 0.29) is 19.0 Å². The molecule has 1 saturated heterocycles. The third-order valence-corrected chi connectivity index (χ3v) is 7.57. The minimum atomic E-state index is -3.35. The normalized spacial score (nSPS) is 17.4. The van der Waals surface area contributed by atoms with Crippen molar-refractivity contribution in [2.75, 3.05) is 24.7 Å². The monoisotopic (exact) mass is 495 g/mol. The van der Waals surface area contributed by atoms with Gasteiger partial charge in [0.1, 0.15) is 17.4 Å². The smallest absolute Gasteiger partial charge is 0.324 e. The van der Waals surface area contributed by atoms with Crippen molar-refractivity contribution in [1.82, 2.24) is 18.7 Å². The number of amides is 1. The summed E-state index contributed by atoms with van der Waals surface area (Å²) >= 11 is 7.33. The maximum atomic E-state index is 13.2. The van der Waals surface area contributed by atoms with Gasteiger partial charge in [-0.1, -0.05) is 17.7 Å². The first kappa shape index (κ1) is 22.7. The van der Waals surface area contributed by atoms with Crippen molar-refractivity contribution >= 4 is 44.6 Å². The van der Waals surface area contributed by atoms with E-state index in [0.29, 0.717) is 40.9 Å². The Bertz CT molecular complexity index is 1280. The van der Waals surface area contributed by atoms with Crippen molar-refractivity contribution in [3.8, 4) is 5.00 Å². The number of nitrogens with one attached hydrogen (secondary N) is 1. The zero-order valence-electron chi connectivity index (χ0n) is 17.3. The Hall–Kier alpha value is -2.47. The molecule has 3 heterocycles. The van der Waals surface area contributed by atoms with Gasteiger partial charge in [0.2, 0.25) is 15.9 Å². The van der Waals surface area contributed by atoms with Crippen molar-refractivity contribution in [2.45, 2.75) is 25.3 Å². The summed E-state index contributed by atoms with van der Waals surface area (Å²) in [4.78, 5) is 25.8. The van der Waals surface area contributed by atoms with Crippen LogP contribution in [-0.2, 0) is 21.4 Å². The van der Waals surface area contributed by atoms with Crippen molar-refractivity contribution in [3.63, 3.8) is 0 Å². The second kappa shape index (κ2) is 9.18. The Balaban J connectivity index is 1.65. The summed E-state index contributed by atoms with van der Waals surface area (Å²) in [7, 11) is -3.35. The maximum absolute atomic E-state index is 13.2. The summed E-state index contributed by atoms with van der Waals surface area (Å²) in [6.45, 7) is 0.413. The number of halogens is 1. The molecule has 1 aromatic carbocycles. The summed E-state index contributed by atoms with van der Waals surface area (Å²) in [5.74, 6) is -0.218. The van der Waals surface area contributed by atoms with E-state index in [2.05, 4.69) is 10.4 Å².